The lowest BCUT2D eigenvalue weighted by molar-refractivity contribution is -0.115. The number of nitrogens with one attached hydrogen (secondary N) is 1. The van der Waals surface area contributed by atoms with E-state index in [2.05, 4.69) is 11.4 Å². The van der Waals surface area contributed by atoms with Gasteiger partial charge in [0, 0.05) is 5.56 Å². The Kier molecular flexibility index (Phi) is 4.75. The SMILES string of the molecule is COc1ccc(CC(=O)Nc2c3c(nn2-c2nc4ccccc4s2)CCC3)cc1C. The number of rotatable bonds is 5. The van der Waals surface area contributed by atoms with E-state index in [1.165, 1.54) is 0 Å². The summed E-state index contributed by atoms with van der Waals surface area (Å²) in [6.07, 6.45) is 3.23. The first-order valence-corrected chi connectivity index (χ1v) is 10.8. The fourth-order valence-electron chi connectivity index (χ4n) is 4.02. The average Bonchev–Trinajstić information content (AvgIpc) is 3.43. The normalized spacial score (nSPS) is 12.9. The van der Waals surface area contributed by atoms with Crippen LogP contribution in [-0.4, -0.2) is 27.8 Å². The molecule has 1 aliphatic rings. The number of anilines is 1. The molecule has 2 aromatic carbocycles. The third-order valence-electron chi connectivity index (χ3n) is 5.45. The largest absolute Gasteiger partial charge is 0.496 e. The van der Waals surface area contributed by atoms with Gasteiger partial charge >= 0.3 is 0 Å². The van der Waals surface area contributed by atoms with E-state index in [0.29, 0.717) is 6.42 Å². The van der Waals surface area contributed by atoms with E-state index in [0.717, 1.165) is 68.6 Å². The van der Waals surface area contributed by atoms with E-state index in [-0.39, 0.29) is 5.91 Å². The van der Waals surface area contributed by atoms with Crippen LogP contribution in [0.1, 0.15) is 28.8 Å². The summed E-state index contributed by atoms with van der Waals surface area (Å²) in [5, 5.41) is 8.69. The molecule has 152 valence electrons. The number of thiazole rings is 1. The van der Waals surface area contributed by atoms with Gasteiger partial charge in [0.2, 0.25) is 11.0 Å². The Hall–Kier alpha value is -3.19. The molecule has 0 saturated carbocycles. The molecule has 0 spiro atoms. The fraction of sp³-hybridized carbons (Fsp3) is 0.261. The van der Waals surface area contributed by atoms with Crippen molar-refractivity contribution in [3.8, 4) is 10.9 Å². The van der Waals surface area contributed by atoms with Gasteiger partial charge < -0.3 is 10.1 Å². The van der Waals surface area contributed by atoms with Gasteiger partial charge in [0.25, 0.3) is 0 Å². The predicted octanol–water partition coefficient (Wildman–Crippen LogP) is 4.47. The summed E-state index contributed by atoms with van der Waals surface area (Å²) < 4.78 is 8.23. The molecular formula is C23H22N4O2S. The van der Waals surface area contributed by atoms with E-state index in [4.69, 9.17) is 14.8 Å². The van der Waals surface area contributed by atoms with E-state index in [1.54, 1.807) is 18.4 Å². The molecule has 0 saturated heterocycles. The second-order valence-electron chi connectivity index (χ2n) is 7.53. The van der Waals surface area contributed by atoms with E-state index in [9.17, 15) is 4.79 Å². The number of benzene rings is 2. The zero-order valence-corrected chi connectivity index (χ0v) is 17.8. The molecule has 6 nitrogen and oxygen atoms in total. The van der Waals surface area contributed by atoms with Crippen LogP contribution in [0, 0.1) is 6.92 Å². The van der Waals surface area contributed by atoms with Crippen molar-refractivity contribution in [2.75, 3.05) is 12.4 Å². The second-order valence-corrected chi connectivity index (χ2v) is 8.54. The molecule has 0 bridgehead atoms. The van der Waals surface area contributed by atoms with Crippen molar-refractivity contribution in [3.05, 3.63) is 64.8 Å². The summed E-state index contributed by atoms with van der Waals surface area (Å²) in [7, 11) is 1.65. The van der Waals surface area contributed by atoms with Crippen LogP contribution >= 0.6 is 11.3 Å². The summed E-state index contributed by atoms with van der Waals surface area (Å²) in [6.45, 7) is 1.98. The van der Waals surface area contributed by atoms with Crippen molar-refractivity contribution >= 4 is 33.3 Å². The number of amides is 1. The van der Waals surface area contributed by atoms with Crippen LogP contribution in [0.5, 0.6) is 5.75 Å². The van der Waals surface area contributed by atoms with Gasteiger partial charge in [-0.1, -0.05) is 35.6 Å². The quantitative estimate of drug-likeness (QED) is 0.519. The second kappa shape index (κ2) is 7.57. The van der Waals surface area contributed by atoms with Crippen LogP contribution in [0.15, 0.2) is 42.5 Å². The number of methoxy groups -OCH3 is 1. The maximum Gasteiger partial charge on any atom is 0.229 e. The molecule has 30 heavy (non-hydrogen) atoms. The van der Waals surface area contributed by atoms with Crippen molar-refractivity contribution in [1.29, 1.82) is 0 Å². The van der Waals surface area contributed by atoms with E-state index < -0.39 is 0 Å². The third kappa shape index (κ3) is 3.35. The molecule has 1 N–H and O–H groups in total. The molecule has 0 aliphatic heterocycles. The number of aryl methyl sites for hydroxylation is 2. The van der Waals surface area contributed by atoms with Gasteiger partial charge in [-0.3, -0.25) is 4.79 Å². The average molecular weight is 419 g/mol. The molecule has 5 rings (SSSR count). The number of carbonyl (C=O) groups excluding carboxylic acids is 1. The van der Waals surface area contributed by atoms with Crippen LogP contribution in [0.25, 0.3) is 15.3 Å². The Balaban J connectivity index is 1.45. The number of aromatic nitrogens is 3. The number of ether oxygens (including phenoxy) is 1. The summed E-state index contributed by atoms with van der Waals surface area (Å²) >= 11 is 1.58. The molecule has 0 unspecified atom stereocenters. The standard InChI is InChI=1S/C23H22N4O2S/c1-14-12-15(10-11-19(14)29-2)13-21(28)25-22-16-6-5-8-17(16)26-27(22)23-24-18-7-3-4-9-20(18)30-23/h3-4,7,9-12H,5-6,8,13H2,1-2H3,(H,25,28). The molecule has 0 radical (unpaired) electrons. The van der Waals surface area contributed by atoms with E-state index in [1.807, 2.05) is 48.0 Å². The lowest BCUT2D eigenvalue weighted by Crippen LogP contribution is -2.18. The van der Waals surface area contributed by atoms with Crippen LogP contribution in [0.2, 0.25) is 0 Å². The van der Waals surface area contributed by atoms with Crippen LogP contribution in [0.3, 0.4) is 0 Å². The topological polar surface area (TPSA) is 69.0 Å². The Morgan fingerprint density at radius 2 is 2.10 bits per heavy atom. The molecule has 1 amide bonds. The van der Waals surface area contributed by atoms with Gasteiger partial charge in [-0.2, -0.15) is 9.78 Å². The lowest BCUT2D eigenvalue weighted by Gasteiger charge is -2.10. The Morgan fingerprint density at radius 1 is 1.23 bits per heavy atom. The monoisotopic (exact) mass is 418 g/mol. The molecule has 0 fully saturated rings. The highest BCUT2D eigenvalue weighted by Crippen LogP contribution is 2.33. The number of nitrogens with zero attached hydrogens (tertiary/aromatic N) is 3. The highest BCUT2D eigenvalue weighted by molar-refractivity contribution is 7.20. The van der Waals surface area contributed by atoms with Crippen molar-refractivity contribution in [2.24, 2.45) is 0 Å². The van der Waals surface area contributed by atoms with Crippen molar-refractivity contribution in [2.45, 2.75) is 32.6 Å². The fourth-order valence-corrected chi connectivity index (χ4v) is 4.95. The Morgan fingerprint density at radius 3 is 2.90 bits per heavy atom. The minimum atomic E-state index is -0.0588. The summed E-state index contributed by atoms with van der Waals surface area (Å²) in [4.78, 5) is 17.6. The first-order valence-electron chi connectivity index (χ1n) is 10.0. The Labute approximate surface area is 178 Å². The number of hydrogen-bond donors (Lipinski definition) is 1. The van der Waals surface area contributed by atoms with Gasteiger partial charge in [-0.15, -0.1) is 0 Å². The molecule has 1 aliphatic carbocycles. The highest BCUT2D eigenvalue weighted by atomic mass is 32.1. The molecule has 0 atom stereocenters. The van der Waals surface area contributed by atoms with Gasteiger partial charge in [0.1, 0.15) is 11.6 Å². The summed E-state index contributed by atoms with van der Waals surface area (Å²) in [5.74, 6) is 1.53. The summed E-state index contributed by atoms with van der Waals surface area (Å²) in [5.41, 5.74) is 5.11. The molecule has 4 aromatic rings. The van der Waals surface area contributed by atoms with Gasteiger partial charge in [-0.05, 0) is 55.5 Å². The van der Waals surface area contributed by atoms with Crippen molar-refractivity contribution in [1.82, 2.24) is 14.8 Å². The van der Waals surface area contributed by atoms with Crippen molar-refractivity contribution < 1.29 is 9.53 Å². The molecule has 7 heteroatoms. The number of carbonyl (C=O) groups is 1. The van der Waals surface area contributed by atoms with Crippen molar-refractivity contribution in [3.63, 3.8) is 0 Å². The highest BCUT2D eigenvalue weighted by Gasteiger charge is 2.25. The van der Waals surface area contributed by atoms with E-state index >= 15 is 0 Å². The maximum absolute atomic E-state index is 12.9. The van der Waals surface area contributed by atoms with Gasteiger partial charge in [0.15, 0.2) is 0 Å². The predicted molar refractivity (Wildman–Crippen MR) is 119 cm³/mol. The summed E-state index contributed by atoms with van der Waals surface area (Å²) in [6, 6.07) is 13.9. The maximum atomic E-state index is 12.9. The number of hydrogen-bond acceptors (Lipinski definition) is 5. The van der Waals surface area contributed by atoms with Crippen LogP contribution in [-0.2, 0) is 24.1 Å². The number of para-hydroxylation sites is 1. The molecule has 2 heterocycles. The third-order valence-corrected chi connectivity index (χ3v) is 6.46. The minimum absolute atomic E-state index is 0.0588. The zero-order chi connectivity index (χ0) is 20.7. The zero-order valence-electron chi connectivity index (χ0n) is 16.9. The molecule has 2 aromatic heterocycles. The number of fused-ring (bicyclic) bond motifs is 2. The Bertz CT molecular complexity index is 1220. The van der Waals surface area contributed by atoms with Crippen LogP contribution < -0.4 is 10.1 Å². The van der Waals surface area contributed by atoms with Crippen LogP contribution in [0.4, 0.5) is 5.82 Å². The molecular weight excluding hydrogens is 396 g/mol. The lowest BCUT2D eigenvalue weighted by atomic mass is 10.1. The first kappa shape index (κ1) is 18.8. The first-order chi connectivity index (χ1) is 14.6. The smallest absolute Gasteiger partial charge is 0.229 e. The van der Waals surface area contributed by atoms with Gasteiger partial charge in [0.05, 0.1) is 29.4 Å². The minimum Gasteiger partial charge on any atom is -0.496 e. The van der Waals surface area contributed by atoms with Gasteiger partial charge in [-0.25, -0.2) is 4.98 Å².